The average molecular weight is 414 g/mol. The first-order valence-corrected chi connectivity index (χ1v) is 10.2. The maximum atomic E-state index is 13.2. The van der Waals surface area contributed by atoms with Crippen molar-refractivity contribution in [2.24, 2.45) is 0 Å². The van der Waals surface area contributed by atoms with Crippen molar-refractivity contribution in [2.75, 3.05) is 13.1 Å². The lowest BCUT2D eigenvalue weighted by molar-refractivity contribution is -0.127. The molecule has 3 heterocycles. The number of benzene rings is 1. The quantitative estimate of drug-likeness (QED) is 0.480. The van der Waals surface area contributed by atoms with E-state index in [1.54, 1.807) is 35.4 Å². The zero-order valence-electron chi connectivity index (χ0n) is 17.2. The predicted molar refractivity (Wildman–Crippen MR) is 117 cm³/mol. The number of hydrogen-bond donors (Lipinski definition) is 0. The molecule has 0 atom stereocenters. The van der Waals surface area contributed by atoms with Gasteiger partial charge in [-0.1, -0.05) is 18.2 Å². The molecule has 0 saturated carbocycles. The van der Waals surface area contributed by atoms with Crippen molar-refractivity contribution in [3.05, 3.63) is 75.7 Å². The number of carbonyl (C=O) groups is 1. The van der Waals surface area contributed by atoms with Gasteiger partial charge in [-0.05, 0) is 62.1 Å². The summed E-state index contributed by atoms with van der Waals surface area (Å²) < 4.78 is 7.32. The summed E-state index contributed by atoms with van der Waals surface area (Å²) in [6.45, 7) is 3.15. The molecule has 0 unspecified atom stereocenters. The van der Waals surface area contributed by atoms with Gasteiger partial charge >= 0.3 is 0 Å². The number of hydrogen-bond acceptors (Lipinski definition) is 5. The number of pyridine rings is 1. The first-order valence-electron chi connectivity index (χ1n) is 10.2. The van der Waals surface area contributed by atoms with Gasteiger partial charge in [-0.25, -0.2) is 0 Å². The van der Waals surface area contributed by atoms with E-state index in [2.05, 4.69) is 4.98 Å². The van der Waals surface area contributed by atoms with Crippen LogP contribution in [0.15, 0.2) is 59.0 Å². The van der Waals surface area contributed by atoms with Gasteiger partial charge in [0.25, 0.3) is 11.5 Å². The molecule has 31 heavy (non-hydrogen) atoms. The Morgan fingerprint density at radius 2 is 1.97 bits per heavy atom. The Labute approximate surface area is 179 Å². The fraction of sp³-hybridized carbons (Fsp3) is 0.250. The third-order valence-corrected chi connectivity index (χ3v) is 5.22. The van der Waals surface area contributed by atoms with Crippen molar-refractivity contribution in [2.45, 2.75) is 26.2 Å². The van der Waals surface area contributed by atoms with E-state index in [-0.39, 0.29) is 22.9 Å². The molecule has 1 aliphatic heterocycles. The molecule has 156 valence electrons. The molecule has 7 heteroatoms. The molecule has 7 nitrogen and oxygen atoms in total. The Kier molecular flexibility index (Phi) is 5.80. The summed E-state index contributed by atoms with van der Waals surface area (Å²) >= 11 is 0. The number of nitrogens with zero attached hydrogens (tertiary/aromatic N) is 4. The van der Waals surface area contributed by atoms with Gasteiger partial charge in [0.15, 0.2) is 0 Å². The molecule has 0 bridgehead atoms. The van der Waals surface area contributed by atoms with Gasteiger partial charge in [-0.15, -0.1) is 0 Å². The monoisotopic (exact) mass is 414 g/mol. The smallest absolute Gasteiger partial charge is 0.269 e. The summed E-state index contributed by atoms with van der Waals surface area (Å²) in [6.07, 6.45) is 5.78. The summed E-state index contributed by atoms with van der Waals surface area (Å²) in [7, 11) is 0. The van der Waals surface area contributed by atoms with Crippen LogP contribution in [0.3, 0.4) is 0 Å². The fourth-order valence-electron chi connectivity index (χ4n) is 3.63. The van der Waals surface area contributed by atoms with E-state index in [9.17, 15) is 14.9 Å². The van der Waals surface area contributed by atoms with Gasteiger partial charge in [0.05, 0.1) is 0 Å². The van der Waals surface area contributed by atoms with Gasteiger partial charge in [0, 0.05) is 19.3 Å². The molecule has 1 amide bonds. The molecule has 3 aromatic rings. The van der Waals surface area contributed by atoms with E-state index >= 15 is 0 Å². The lowest BCUT2D eigenvalue weighted by Crippen LogP contribution is -2.36. The van der Waals surface area contributed by atoms with Crippen LogP contribution in [0, 0.1) is 18.3 Å². The molecule has 2 aromatic heterocycles. The van der Waals surface area contributed by atoms with Gasteiger partial charge in [0.1, 0.15) is 28.6 Å². The van der Waals surface area contributed by atoms with Crippen molar-refractivity contribution in [1.82, 2.24) is 14.3 Å². The molecule has 1 aromatic carbocycles. The number of aryl methyl sites for hydroxylation is 1. The Balaban J connectivity index is 1.83. The van der Waals surface area contributed by atoms with Crippen LogP contribution in [0.1, 0.15) is 30.4 Å². The normalized spacial score (nSPS) is 14.3. The second-order valence-corrected chi connectivity index (χ2v) is 7.51. The largest absolute Gasteiger partial charge is 0.438 e. The van der Waals surface area contributed by atoms with E-state index in [0.717, 1.165) is 24.8 Å². The summed E-state index contributed by atoms with van der Waals surface area (Å²) in [6, 6.07) is 14.5. The minimum atomic E-state index is -0.410. The SMILES string of the molecule is Cc1cccc(Oc2nc3ccccn3c(=O)c2/C=C(\C#N)C(=O)N2CCCCC2)c1. The van der Waals surface area contributed by atoms with Crippen LogP contribution in [0.25, 0.3) is 11.7 Å². The Morgan fingerprint density at radius 3 is 2.71 bits per heavy atom. The van der Waals surface area contributed by atoms with Crippen LogP contribution in [-0.2, 0) is 4.79 Å². The molecule has 1 saturated heterocycles. The van der Waals surface area contributed by atoms with E-state index in [4.69, 9.17) is 4.74 Å². The molecule has 4 rings (SSSR count). The lowest BCUT2D eigenvalue weighted by atomic mass is 10.1. The maximum Gasteiger partial charge on any atom is 0.269 e. The molecule has 1 fully saturated rings. The van der Waals surface area contributed by atoms with E-state index in [1.165, 1.54) is 10.5 Å². The fourth-order valence-corrected chi connectivity index (χ4v) is 3.63. The summed E-state index contributed by atoms with van der Waals surface area (Å²) in [5.41, 5.74) is 0.948. The second-order valence-electron chi connectivity index (χ2n) is 7.51. The Bertz CT molecular complexity index is 1260. The van der Waals surface area contributed by atoms with Gasteiger partial charge in [0.2, 0.25) is 5.88 Å². The van der Waals surface area contributed by atoms with Crippen LogP contribution in [-0.4, -0.2) is 33.3 Å². The topological polar surface area (TPSA) is 87.7 Å². The number of nitriles is 1. The number of fused-ring (bicyclic) bond motifs is 1. The lowest BCUT2D eigenvalue weighted by Gasteiger charge is -2.26. The second kappa shape index (κ2) is 8.84. The summed E-state index contributed by atoms with van der Waals surface area (Å²) in [4.78, 5) is 32.2. The Hall–Kier alpha value is -3.92. The van der Waals surface area contributed by atoms with Gasteiger partial charge in [-0.3, -0.25) is 14.0 Å². The first kappa shape index (κ1) is 20.4. The highest BCUT2D eigenvalue weighted by Gasteiger charge is 2.22. The van der Waals surface area contributed by atoms with Crippen molar-refractivity contribution < 1.29 is 9.53 Å². The third-order valence-electron chi connectivity index (χ3n) is 5.22. The third kappa shape index (κ3) is 4.33. The molecule has 0 radical (unpaired) electrons. The van der Waals surface area contributed by atoms with Crippen molar-refractivity contribution in [1.29, 1.82) is 5.26 Å². The summed E-state index contributed by atoms with van der Waals surface area (Å²) in [5, 5.41) is 9.67. The predicted octanol–water partition coefficient (Wildman–Crippen LogP) is 3.71. The highest BCUT2D eigenvalue weighted by Crippen LogP contribution is 2.25. The number of likely N-dealkylation sites (tertiary alicyclic amines) is 1. The van der Waals surface area contributed by atoms with Crippen molar-refractivity contribution in [3.8, 4) is 17.7 Å². The maximum absolute atomic E-state index is 13.2. The van der Waals surface area contributed by atoms with Crippen LogP contribution < -0.4 is 10.3 Å². The minimum absolute atomic E-state index is 0.0565. The summed E-state index contributed by atoms with van der Waals surface area (Å²) in [5.74, 6) is 0.199. The zero-order valence-corrected chi connectivity index (χ0v) is 17.2. The number of rotatable bonds is 4. The average Bonchev–Trinajstić information content (AvgIpc) is 2.79. The number of ether oxygens (including phenoxy) is 1. The van der Waals surface area contributed by atoms with Crippen LogP contribution in [0.4, 0.5) is 0 Å². The highest BCUT2D eigenvalue weighted by atomic mass is 16.5. The van der Waals surface area contributed by atoms with E-state index in [1.807, 2.05) is 31.2 Å². The number of piperidine rings is 1. The highest BCUT2D eigenvalue weighted by molar-refractivity contribution is 6.02. The molecule has 0 N–H and O–H groups in total. The molecule has 0 aliphatic carbocycles. The zero-order chi connectivity index (χ0) is 21.8. The van der Waals surface area contributed by atoms with Gasteiger partial charge in [-0.2, -0.15) is 10.2 Å². The van der Waals surface area contributed by atoms with E-state index in [0.29, 0.717) is 24.5 Å². The molecule has 1 aliphatic rings. The van der Waals surface area contributed by atoms with Crippen LogP contribution in [0.2, 0.25) is 0 Å². The minimum Gasteiger partial charge on any atom is -0.438 e. The number of carbonyl (C=O) groups excluding carboxylic acids is 1. The molecular weight excluding hydrogens is 392 g/mol. The van der Waals surface area contributed by atoms with Crippen molar-refractivity contribution in [3.63, 3.8) is 0 Å². The van der Waals surface area contributed by atoms with Crippen LogP contribution in [0.5, 0.6) is 11.6 Å². The van der Waals surface area contributed by atoms with Crippen LogP contribution >= 0.6 is 0 Å². The Morgan fingerprint density at radius 1 is 1.16 bits per heavy atom. The van der Waals surface area contributed by atoms with Gasteiger partial charge < -0.3 is 9.64 Å². The standard InChI is InChI=1S/C24H22N4O3/c1-17-8-7-9-19(14-17)31-22-20(24(30)28-13-6-3-10-21(28)26-22)15-18(16-25)23(29)27-11-4-2-5-12-27/h3,6-10,13-15H,2,4-5,11-12H2,1H3/b18-15+. The van der Waals surface area contributed by atoms with Crippen molar-refractivity contribution >= 4 is 17.6 Å². The molecular formula is C24H22N4O3. The molecule has 0 spiro atoms. The number of aromatic nitrogens is 2. The van der Waals surface area contributed by atoms with E-state index < -0.39 is 5.56 Å². The first-order chi connectivity index (χ1) is 15.1. The number of amides is 1.